The molecule has 2 rings (SSSR count). The molecule has 0 radical (unpaired) electrons. The maximum Gasteiger partial charge on any atom is 0.155 e. The number of hydrogen-bond donors (Lipinski definition) is 1. The third kappa shape index (κ3) is 1.81. The number of halogens is 1. The fraction of sp³-hybridized carbons (Fsp3) is 0.700. The smallest absolute Gasteiger partial charge is 0.155 e. The lowest BCUT2D eigenvalue weighted by Crippen LogP contribution is -2.40. The van der Waals surface area contributed by atoms with E-state index in [1.807, 2.05) is 5.38 Å². The van der Waals surface area contributed by atoms with E-state index in [-0.39, 0.29) is 5.92 Å². The second-order valence-electron chi connectivity index (χ2n) is 4.00. The van der Waals surface area contributed by atoms with Crippen LogP contribution < -0.4 is 5.32 Å². The molecule has 2 nitrogen and oxygen atoms in total. The summed E-state index contributed by atoms with van der Waals surface area (Å²) in [6, 6.07) is 1.79. The van der Waals surface area contributed by atoms with Crippen molar-refractivity contribution >= 4 is 11.5 Å². The van der Waals surface area contributed by atoms with Gasteiger partial charge in [-0.3, -0.25) is 0 Å². The molecule has 2 heterocycles. The molecular weight excluding hydrogens is 199 g/mol. The molecule has 1 aromatic rings. The molecule has 1 aliphatic heterocycles. The third-order valence-corrected chi connectivity index (χ3v) is 3.56. The van der Waals surface area contributed by atoms with Crippen LogP contribution in [0.25, 0.3) is 0 Å². The number of hydrogen-bond acceptors (Lipinski definition) is 3. The van der Waals surface area contributed by atoms with Crippen LogP contribution in [0.1, 0.15) is 25.5 Å². The number of piperidine rings is 1. The summed E-state index contributed by atoms with van der Waals surface area (Å²) in [5, 5.41) is 5.08. The Morgan fingerprint density at radius 3 is 3.14 bits per heavy atom. The van der Waals surface area contributed by atoms with Gasteiger partial charge in [0.1, 0.15) is 0 Å². The van der Waals surface area contributed by atoms with Gasteiger partial charge < -0.3 is 5.32 Å². The SMILES string of the molecule is CC(F)(c1ccsn1)C1CCCNC1. The molecule has 14 heavy (non-hydrogen) atoms. The van der Waals surface area contributed by atoms with E-state index in [1.165, 1.54) is 11.5 Å². The summed E-state index contributed by atoms with van der Waals surface area (Å²) in [6.07, 6.45) is 2.02. The first-order valence-electron chi connectivity index (χ1n) is 5.02. The van der Waals surface area contributed by atoms with E-state index in [0.29, 0.717) is 5.69 Å². The Kier molecular flexibility index (Phi) is 2.83. The van der Waals surface area contributed by atoms with Crippen molar-refractivity contribution in [2.24, 2.45) is 5.92 Å². The molecule has 1 aromatic heterocycles. The standard InChI is InChI=1S/C10H15FN2S/c1-10(11,9-4-6-14-13-9)8-3-2-5-12-7-8/h4,6,8,12H,2-3,5,7H2,1H3. The van der Waals surface area contributed by atoms with Crippen LogP contribution in [0.3, 0.4) is 0 Å². The molecule has 1 N–H and O–H groups in total. The third-order valence-electron chi connectivity index (χ3n) is 3.00. The number of nitrogens with zero attached hydrogens (tertiary/aromatic N) is 1. The first kappa shape index (κ1) is 10.1. The molecule has 1 saturated heterocycles. The lowest BCUT2D eigenvalue weighted by molar-refractivity contribution is 0.0776. The van der Waals surface area contributed by atoms with Crippen LogP contribution in [0.5, 0.6) is 0 Å². The van der Waals surface area contributed by atoms with Crippen molar-refractivity contribution in [3.8, 4) is 0 Å². The van der Waals surface area contributed by atoms with Crippen molar-refractivity contribution in [1.82, 2.24) is 9.69 Å². The van der Waals surface area contributed by atoms with Gasteiger partial charge in [0.05, 0.1) is 5.69 Å². The van der Waals surface area contributed by atoms with Crippen molar-refractivity contribution in [3.63, 3.8) is 0 Å². The van der Waals surface area contributed by atoms with Gasteiger partial charge in [-0.1, -0.05) is 0 Å². The average molecular weight is 214 g/mol. The van der Waals surface area contributed by atoms with Crippen molar-refractivity contribution in [1.29, 1.82) is 0 Å². The Bertz CT molecular complexity index is 278. The number of nitrogens with one attached hydrogen (secondary N) is 1. The molecule has 1 aliphatic rings. The summed E-state index contributed by atoms with van der Waals surface area (Å²) in [4.78, 5) is 0. The minimum absolute atomic E-state index is 0.0679. The summed E-state index contributed by atoms with van der Waals surface area (Å²) >= 11 is 1.32. The summed E-state index contributed by atoms with van der Waals surface area (Å²) in [5.41, 5.74) is -0.677. The minimum Gasteiger partial charge on any atom is -0.316 e. The highest BCUT2D eigenvalue weighted by atomic mass is 32.1. The van der Waals surface area contributed by atoms with E-state index >= 15 is 0 Å². The van der Waals surface area contributed by atoms with Crippen LogP contribution in [-0.4, -0.2) is 17.5 Å². The summed E-state index contributed by atoms with van der Waals surface area (Å²) < 4.78 is 18.5. The van der Waals surface area contributed by atoms with Crippen LogP contribution in [0.2, 0.25) is 0 Å². The fourth-order valence-corrected chi connectivity index (χ4v) is 2.59. The molecule has 2 atom stereocenters. The average Bonchev–Trinajstić information content (AvgIpc) is 2.72. The van der Waals surface area contributed by atoms with Gasteiger partial charge in [-0.25, -0.2) is 4.39 Å². The highest BCUT2D eigenvalue weighted by Crippen LogP contribution is 2.36. The predicted molar refractivity (Wildman–Crippen MR) is 56.2 cm³/mol. The highest BCUT2D eigenvalue weighted by Gasteiger charge is 2.38. The Hall–Kier alpha value is -0.480. The lowest BCUT2D eigenvalue weighted by atomic mass is 9.83. The first-order valence-corrected chi connectivity index (χ1v) is 5.85. The van der Waals surface area contributed by atoms with Gasteiger partial charge in [0, 0.05) is 17.8 Å². The van der Waals surface area contributed by atoms with Crippen molar-refractivity contribution in [2.45, 2.75) is 25.4 Å². The second kappa shape index (κ2) is 3.95. The molecule has 4 heteroatoms. The molecule has 0 spiro atoms. The van der Waals surface area contributed by atoms with E-state index in [0.717, 1.165) is 25.9 Å². The monoisotopic (exact) mass is 214 g/mol. The van der Waals surface area contributed by atoms with Crippen molar-refractivity contribution < 1.29 is 4.39 Å². The van der Waals surface area contributed by atoms with Gasteiger partial charge in [-0.05, 0) is 43.9 Å². The van der Waals surface area contributed by atoms with Crippen LogP contribution >= 0.6 is 11.5 Å². The van der Waals surface area contributed by atoms with Gasteiger partial charge in [0.25, 0.3) is 0 Å². The summed E-state index contributed by atoms with van der Waals surface area (Å²) in [6.45, 7) is 3.44. The molecule has 1 fully saturated rings. The zero-order chi connectivity index (χ0) is 10.0. The number of alkyl halides is 1. The van der Waals surface area contributed by atoms with Crippen molar-refractivity contribution in [2.75, 3.05) is 13.1 Å². The second-order valence-corrected chi connectivity index (χ2v) is 4.67. The van der Waals surface area contributed by atoms with E-state index in [1.54, 1.807) is 13.0 Å². The zero-order valence-corrected chi connectivity index (χ0v) is 9.11. The molecule has 0 aliphatic carbocycles. The molecule has 78 valence electrons. The largest absolute Gasteiger partial charge is 0.316 e. The molecule has 0 amide bonds. The quantitative estimate of drug-likeness (QED) is 0.817. The normalized spacial score (nSPS) is 27.1. The first-order chi connectivity index (χ1) is 6.71. The van der Waals surface area contributed by atoms with Gasteiger partial charge in [-0.15, -0.1) is 0 Å². The molecule has 2 unspecified atom stereocenters. The maximum absolute atomic E-state index is 14.4. The van der Waals surface area contributed by atoms with Crippen LogP contribution in [0.4, 0.5) is 4.39 Å². The highest BCUT2D eigenvalue weighted by molar-refractivity contribution is 7.03. The van der Waals surface area contributed by atoms with E-state index in [9.17, 15) is 4.39 Å². The van der Waals surface area contributed by atoms with Gasteiger partial charge >= 0.3 is 0 Å². The summed E-state index contributed by atoms with van der Waals surface area (Å²) in [7, 11) is 0. The van der Waals surface area contributed by atoms with Crippen LogP contribution in [-0.2, 0) is 5.67 Å². The molecular formula is C10H15FN2S. The lowest BCUT2D eigenvalue weighted by Gasteiger charge is -2.32. The van der Waals surface area contributed by atoms with Gasteiger partial charge in [0.2, 0.25) is 0 Å². The molecule has 0 bridgehead atoms. The van der Waals surface area contributed by atoms with E-state index in [2.05, 4.69) is 9.69 Å². The fourth-order valence-electron chi connectivity index (χ4n) is 1.99. The molecule has 0 aromatic carbocycles. The zero-order valence-electron chi connectivity index (χ0n) is 8.29. The number of rotatable bonds is 2. The van der Waals surface area contributed by atoms with Gasteiger partial charge in [-0.2, -0.15) is 4.37 Å². The topological polar surface area (TPSA) is 24.9 Å². The van der Waals surface area contributed by atoms with Crippen LogP contribution in [0.15, 0.2) is 11.4 Å². The van der Waals surface area contributed by atoms with E-state index < -0.39 is 5.67 Å². The summed E-state index contributed by atoms with van der Waals surface area (Å²) in [5.74, 6) is 0.0679. The Morgan fingerprint density at radius 2 is 2.57 bits per heavy atom. The van der Waals surface area contributed by atoms with E-state index in [4.69, 9.17) is 0 Å². The molecule has 0 saturated carbocycles. The predicted octanol–water partition coefficient (Wildman–Crippen LogP) is 2.33. The Labute approximate surface area is 87.7 Å². The number of aromatic nitrogens is 1. The minimum atomic E-state index is -1.27. The van der Waals surface area contributed by atoms with Gasteiger partial charge in [0.15, 0.2) is 5.67 Å². The van der Waals surface area contributed by atoms with Crippen LogP contribution in [0, 0.1) is 5.92 Å². The maximum atomic E-state index is 14.4. The Balaban J connectivity index is 2.14. The van der Waals surface area contributed by atoms with Crippen molar-refractivity contribution in [3.05, 3.63) is 17.1 Å². The Morgan fingerprint density at radius 1 is 1.71 bits per heavy atom.